The SMILES string of the molecule is COc1cc(CN[C@@H]2CCCC[C@@H]2O)cc(OC)c1. The van der Waals surface area contributed by atoms with Crippen molar-refractivity contribution in [2.24, 2.45) is 0 Å². The van der Waals surface area contributed by atoms with Crippen LogP contribution in [-0.2, 0) is 6.54 Å². The monoisotopic (exact) mass is 265 g/mol. The van der Waals surface area contributed by atoms with Gasteiger partial charge in [0.25, 0.3) is 0 Å². The van der Waals surface area contributed by atoms with Gasteiger partial charge >= 0.3 is 0 Å². The molecular weight excluding hydrogens is 242 g/mol. The van der Waals surface area contributed by atoms with Gasteiger partial charge in [0, 0.05) is 18.7 Å². The largest absolute Gasteiger partial charge is 0.497 e. The molecule has 0 bridgehead atoms. The predicted molar refractivity (Wildman–Crippen MR) is 74.6 cm³/mol. The van der Waals surface area contributed by atoms with Crippen molar-refractivity contribution in [3.63, 3.8) is 0 Å². The zero-order valence-electron chi connectivity index (χ0n) is 11.7. The Bertz CT molecular complexity index is 386. The minimum atomic E-state index is -0.221. The summed E-state index contributed by atoms with van der Waals surface area (Å²) in [5.41, 5.74) is 1.11. The van der Waals surface area contributed by atoms with Crippen LogP contribution >= 0.6 is 0 Å². The van der Waals surface area contributed by atoms with Crippen molar-refractivity contribution in [3.05, 3.63) is 23.8 Å². The lowest BCUT2D eigenvalue weighted by Gasteiger charge is -2.28. The molecule has 0 amide bonds. The molecule has 0 radical (unpaired) electrons. The molecule has 1 aromatic rings. The van der Waals surface area contributed by atoms with E-state index in [1.54, 1.807) is 14.2 Å². The molecule has 0 unspecified atom stereocenters. The zero-order chi connectivity index (χ0) is 13.7. The molecule has 1 aliphatic carbocycles. The Morgan fingerprint density at radius 3 is 2.32 bits per heavy atom. The highest BCUT2D eigenvalue weighted by Crippen LogP contribution is 2.23. The summed E-state index contributed by atoms with van der Waals surface area (Å²) in [6.07, 6.45) is 4.05. The summed E-state index contributed by atoms with van der Waals surface area (Å²) in [5, 5.41) is 13.4. The van der Waals surface area contributed by atoms with Gasteiger partial charge in [0.15, 0.2) is 0 Å². The van der Waals surface area contributed by atoms with Crippen LogP contribution in [0.25, 0.3) is 0 Å². The third-order valence-electron chi connectivity index (χ3n) is 3.71. The molecule has 2 atom stereocenters. The van der Waals surface area contributed by atoms with E-state index in [-0.39, 0.29) is 12.1 Å². The Balaban J connectivity index is 1.98. The van der Waals surface area contributed by atoms with Crippen LogP contribution in [0, 0.1) is 0 Å². The van der Waals surface area contributed by atoms with Crippen LogP contribution in [0.2, 0.25) is 0 Å². The van der Waals surface area contributed by atoms with E-state index in [1.807, 2.05) is 18.2 Å². The number of methoxy groups -OCH3 is 2. The van der Waals surface area contributed by atoms with Crippen LogP contribution in [0.5, 0.6) is 11.5 Å². The fourth-order valence-corrected chi connectivity index (χ4v) is 2.57. The van der Waals surface area contributed by atoms with Gasteiger partial charge in [-0.3, -0.25) is 0 Å². The molecule has 0 aromatic heterocycles. The quantitative estimate of drug-likeness (QED) is 0.856. The molecule has 0 saturated heterocycles. The second kappa shape index (κ2) is 6.78. The first-order valence-electron chi connectivity index (χ1n) is 6.86. The molecule has 2 N–H and O–H groups in total. The van der Waals surface area contributed by atoms with Gasteiger partial charge < -0.3 is 19.9 Å². The van der Waals surface area contributed by atoms with E-state index in [1.165, 1.54) is 6.42 Å². The summed E-state index contributed by atoms with van der Waals surface area (Å²) < 4.78 is 10.5. The standard InChI is InChI=1S/C15H23NO3/c1-18-12-7-11(8-13(9-12)19-2)10-16-14-5-3-4-6-15(14)17/h7-9,14-17H,3-6,10H2,1-2H3/t14-,15+/m1/s1. The van der Waals surface area contributed by atoms with Crippen LogP contribution in [-0.4, -0.2) is 31.5 Å². The van der Waals surface area contributed by atoms with E-state index in [0.717, 1.165) is 42.9 Å². The highest BCUT2D eigenvalue weighted by atomic mass is 16.5. The Morgan fingerprint density at radius 1 is 1.11 bits per heavy atom. The van der Waals surface area contributed by atoms with Crippen molar-refractivity contribution in [2.45, 2.75) is 44.4 Å². The molecule has 106 valence electrons. The van der Waals surface area contributed by atoms with Crippen molar-refractivity contribution in [2.75, 3.05) is 14.2 Å². The molecule has 0 aliphatic heterocycles. The van der Waals surface area contributed by atoms with Crippen molar-refractivity contribution in [1.82, 2.24) is 5.32 Å². The summed E-state index contributed by atoms with van der Waals surface area (Å²) in [4.78, 5) is 0. The second-order valence-electron chi connectivity index (χ2n) is 5.06. The maximum Gasteiger partial charge on any atom is 0.122 e. The molecule has 1 aliphatic rings. The van der Waals surface area contributed by atoms with Gasteiger partial charge in [0.1, 0.15) is 11.5 Å². The normalized spacial score (nSPS) is 23.1. The Hall–Kier alpha value is -1.26. The lowest BCUT2D eigenvalue weighted by molar-refractivity contribution is 0.0902. The number of benzene rings is 1. The zero-order valence-corrected chi connectivity index (χ0v) is 11.7. The van der Waals surface area contributed by atoms with Crippen LogP contribution in [0.15, 0.2) is 18.2 Å². The second-order valence-corrected chi connectivity index (χ2v) is 5.06. The van der Waals surface area contributed by atoms with Crippen LogP contribution in [0.1, 0.15) is 31.2 Å². The molecule has 2 rings (SSSR count). The van der Waals surface area contributed by atoms with Crippen molar-refractivity contribution < 1.29 is 14.6 Å². The molecule has 0 heterocycles. The molecule has 19 heavy (non-hydrogen) atoms. The van der Waals surface area contributed by atoms with Crippen molar-refractivity contribution >= 4 is 0 Å². The molecule has 0 spiro atoms. The van der Waals surface area contributed by atoms with Crippen LogP contribution < -0.4 is 14.8 Å². The van der Waals surface area contributed by atoms with Gasteiger partial charge in [-0.1, -0.05) is 12.8 Å². The molecule has 1 saturated carbocycles. The maximum atomic E-state index is 9.94. The Morgan fingerprint density at radius 2 is 1.74 bits per heavy atom. The molecule has 4 heteroatoms. The van der Waals surface area contributed by atoms with Crippen molar-refractivity contribution in [1.29, 1.82) is 0 Å². The van der Waals surface area contributed by atoms with E-state index in [2.05, 4.69) is 5.32 Å². The van der Waals surface area contributed by atoms with Gasteiger partial charge in [-0.2, -0.15) is 0 Å². The van der Waals surface area contributed by atoms with Gasteiger partial charge in [-0.15, -0.1) is 0 Å². The van der Waals surface area contributed by atoms with Gasteiger partial charge in [0.2, 0.25) is 0 Å². The third-order valence-corrected chi connectivity index (χ3v) is 3.71. The number of hydrogen-bond acceptors (Lipinski definition) is 4. The number of aliphatic hydroxyl groups excluding tert-OH is 1. The first-order chi connectivity index (χ1) is 9.22. The highest BCUT2D eigenvalue weighted by Gasteiger charge is 2.22. The first kappa shape index (κ1) is 14.2. The highest BCUT2D eigenvalue weighted by molar-refractivity contribution is 5.38. The number of hydrogen-bond donors (Lipinski definition) is 2. The summed E-state index contributed by atoms with van der Waals surface area (Å²) in [7, 11) is 3.30. The minimum absolute atomic E-state index is 0.200. The summed E-state index contributed by atoms with van der Waals surface area (Å²) in [5.74, 6) is 1.58. The summed E-state index contributed by atoms with van der Waals surface area (Å²) in [6, 6.07) is 6.04. The minimum Gasteiger partial charge on any atom is -0.497 e. The summed E-state index contributed by atoms with van der Waals surface area (Å²) in [6.45, 7) is 0.718. The fourth-order valence-electron chi connectivity index (χ4n) is 2.57. The first-order valence-corrected chi connectivity index (χ1v) is 6.86. The molecular formula is C15H23NO3. The number of nitrogens with one attached hydrogen (secondary N) is 1. The average Bonchev–Trinajstić information content (AvgIpc) is 2.46. The van der Waals surface area contributed by atoms with Gasteiger partial charge in [0.05, 0.1) is 20.3 Å². The van der Waals surface area contributed by atoms with Gasteiger partial charge in [-0.25, -0.2) is 0 Å². The lowest BCUT2D eigenvalue weighted by atomic mass is 9.92. The Labute approximate surface area is 114 Å². The third kappa shape index (κ3) is 3.85. The van der Waals surface area contributed by atoms with E-state index >= 15 is 0 Å². The van der Waals surface area contributed by atoms with Crippen molar-refractivity contribution in [3.8, 4) is 11.5 Å². The smallest absolute Gasteiger partial charge is 0.122 e. The molecule has 1 aromatic carbocycles. The molecule has 1 fully saturated rings. The average molecular weight is 265 g/mol. The molecule has 4 nitrogen and oxygen atoms in total. The predicted octanol–water partition coefficient (Wildman–Crippen LogP) is 2.10. The topological polar surface area (TPSA) is 50.7 Å². The van der Waals surface area contributed by atoms with Crippen LogP contribution in [0.4, 0.5) is 0 Å². The maximum absolute atomic E-state index is 9.94. The van der Waals surface area contributed by atoms with Crippen LogP contribution in [0.3, 0.4) is 0 Å². The fraction of sp³-hybridized carbons (Fsp3) is 0.600. The van der Waals surface area contributed by atoms with Gasteiger partial charge in [-0.05, 0) is 30.5 Å². The lowest BCUT2D eigenvalue weighted by Crippen LogP contribution is -2.41. The van der Waals surface area contributed by atoms with E-state index in [0.29, 0.717) is 0 Å². The van der Waals surface area contributed by atoms with E-state index < -0.39 is 0 Å². The number of ether oxygens (including phenoxy) is 2. The van der Waals surface area contributed by atoms with E-state index in [4.69, 9.17) is 9.47 Å². The van der Waals surface area contributed by atoms with E-state index in [9.17, 15) is 5.11 Å². The number of rotatable bonds is 5. The Kier molecular flexibility index (Phi) is 5.05. The number of aliphatic hydroxyl groups is 1. The summed E-state index contributed by atoms with van der Waals surface area (Å²) >= 11 is 0.